The van der Waals surface area contributed by atoms with Gasteiger partial charge in [0, 0.05) is 12.1 Å². The van der Waals surface area contributed by atoms with E-state index in [0.717, 1.165) is 13.1 Å². The first-order chi connectivity index (χ1) is 7.43. The Labute approximate surface area is 102 Å². The van der Waals surface area contributed by atoms with Crippen molar-refractivity contribution in [2.75, 3.05) is 19.6 Å². The fraction of sp³-hybridized carbons (Fsp3) is 1.00. The van der Waals surface area contributed by atoms with Gasteiger partial charge in [-0.3, -0.25) is 4.90 Å². The molecule has 0 bridgehead atoms. The van der Waals surface area contributed by atoms with E-state index in [1.54, 1.807) is 0 Å². The monoisotopic (exact) mass is 226 g/mol. The Morgan fingerprint density at radius 3 is 2.12 bits per heavy atom. The maximum absolute atomic E-state index is 6.04. The molecule has 1 saturated carbocycles. The predicted molar refractivity (Wildman–Crippen MR) is 71.6 cm³/mol. The van der Waals surface area contributed by atoms with Crippen molar-refractivity contribution in [2.45, 2.75) is 65.3 Å². The Hall–Kier alpha value is -0.0800. The van der Waals surface area contributed by atoms with Crippen LogP contribution in [-0.2, 0) is 0 Å². The van der Waals surface area contributed by atoms with Crippen LogP contribution in [0.2, 0.25) is 0 Å². The van der Waals surface area contributed by atoms with Gasteiger partial charge in [-0.25, -0.2) is 0 Å². The first-order valence-electron chi connectivity index (χ1n) is 6.89. The Balaban J connectivity index is 2.58. The summed E-state index contributed by atoms with van der Waals surface area (Å²) in [5.74, 6) is 0. The molecule has 2 heteroatoms. The molecule has 0 amide bonds. The van der Waals surface area contributed by atoms with Crippen molar-refractivity contribution < 1.29 is 0 Å². The first-order valence-corrected chi connectivity index (χ1v) is 6.89. The lowest BCUT2D eigenvalue weighted by Crippen LogP contribution is -2.52. The molecular formula is C14H30N2. The molecule has 0 radical (unpaired) electrons. The van der Waals surface area contributed by atoms with Crippen LogP contribution in [0.15, 0.2) is 0 Å². The third kappa shape index (κ3) is 3.46. The van der Waals surface area contributed by atoms with Crippen LogP contribution in [0.25, 0.3) is 0 Å². The van der Waals surface area contributed by atoms with Gasteiger partial charge < -0.3 is 5.73 Å². The van der Waals surface area contributed by atoms with E-state index in [0.29, 0.717) is 11.0 Å². The van der Waals surface area contributed by atoms with E-state index >= 15 is 0 Å². The molecule has 16 heavy (non-hydrogen) atoms. The summed E-state index contributed by atoms with van der Waals surface area (Å²) in [4.78, 5) is 2.64. The summed E-state index contributed by atoms with van der Waals surface area (Å²) in [5.41, 5.74) is 6.81. The molecule has 0 atom stereocenters. The SMILES string of the molecule is CCN(CCC(C)(C)C)C1(CN)CCCC1. The highest BCUT2D eigenvalue weighted by atomic mass is 15.2. The highest BCUT2D eigenvalue weighted by molar-refractivity contribution is 4.95. The topological polar surface area (TPSA) is 29.3 Å². The lowest BCUT2D eigenvalue weighted by molar-refractivity contribution is 0.0913. The summed E-state index contributed by atoms with van der Waals surface area (Å²) in [7, 11) is 0. The minimum Gasteiger partial charge on any atom is -0.329 e. The summed E-state index contributed by atoms with van der Waals surface area (Å²) in [5, 5.41) is 0. The van der Waals surface area contributed by atoms with Crippen molar-refractivity contribution in [1.82, 2.24) is 4.90 Å². The summed E-state index contributed by atoms with van der Waals surface area (Å²) < 4.78 is 0. The van der Waals surface area contributed by atoms with Gasteiger partial charge in [0.25, 0.3) is 0 Å². The molecule has 1 aliphatic carbocycles. The molecule has 0 aromatic heterocycles. The van der Waals surface area contributed by atoms with E-state index < -0.39 is 0 Å². The number of rotatable bonds is 5. The van der Waals surface area contributed by atoms with Crippen LogP contribution >= 0.6 is 0 Å². The van der Waals surface area contributed by atoms with Gasteiger partial charge in [-0.05, 0) is 37.8 Å². The van der Waals surface area contributed by atoms with Crippen LogP contribution in [0.5, 0.6) is 0 Å². The standard InChI is InChI=1S/C14H30N2/c1-5-16(11-10-13(2,3)4)14(12-15)8-6-7-9-14/h5-12,15H2,1-4H3. The van der Waals surface area contributed by atoms with Gasteiger partial charge in [0.2, 0.25) is 0 Å². The zero-order valence-corrected chi connectivity index (χ0v) is 11.7. The van der Waals surface area contributed by atoms with Crippen LogP contribution < -0.4 is 5.73 Å². The zero-order chi connectivity index (χ0) is 12.2. The molecule has 2 nitrogen and oxygen atoms in total. The van der Waals surface area contributed by atoms with Gasteiger partial charge in [0.05, 0.1) is 0 Å². The van der Waals surface area contributed by atoms with Crippen molar-refractivity contribution in [3.63, 3.8) is 0 Å². The average Bonchev–Trinajstić information content (AvgIpc) is 2.67. The van der Waals surface area contributed by atoms with E-state index in [1.807, 2.05) is 0 Å². The second-order valence-corrected chi connectivity index (χ2v) is 6.53. The van der Waals surface area contributed by atoms with E-state index in [9.17, 15) is 0 Å². The van der Waals surface area contributed by atoms with Gasteiger partial charge in [0.15, 0.2) is 0 Å². The number of likely N-dealkylation sites (N-methyl/N-ethyl adjacent to an activating group) is 1. The third-order valence-electron chi connectivity index (χ3n) is 4.10. The average molecular weight is 226 g/mol. The highest BCUT2D eigenvalue weighted by Crippen LogP contribution is 2.35. The van der Waals surface area contributed by atoms with Gasteiger partial charge in [-0.2, -0.15) is 0 Å². The second-order valence-electron chi connectivity index (χ2n) is 6.53. The lowest BCUT2D eigenvalue weighted by atomic mass is 9.89. The van der Waals surface area contributed by atoms with Crippen LogP contribution in [0.4, 0.5) is 0 Å². The third-order valence-corrected chi connectivity index (χ3v) is 4.10. The van der Waals surface area contributed by atoms with E-state index in [4.69, 9.17) is 5.73 Å². The molecule has 0 aromatic carbocycles. The van der Waals surface area contributed by atoms with Gasteiger partial charge in [0.1, 0.15) is 0 Å². The lowest BCUT2D eigenvalue weighted by Gasteiger charge is -2.41. The quantitative estimate of drug-likeness (QED) is 0.781. The Kier molecular flexibility index (Phi) is 4.81. The smallest absolute Gasteiger partial charge is 0.0331 e. The minimum atomic E-state index is 0.333. The Morgan fingerprint density at radius 2 is 1.75 bits per heavy atom. The summed E-state index contributed by atoms with van der Waals surface area (Å²) in [6.45, 7) is 12.4. The Morgan fingerprint density at radius 1 is 1.19 bits per heavy atom. The van der Waals surface area contributed by atoms with Crippen LogP contribution in [0, 0.1) is 5.41 Å². The fourth-order valence-corrected chi connectivity index (χ4v) is 2.88. The largest absolute Gasteiger partial charge is 0.329 e. The molecule has 1 fully saturated rings. The molecule has 0 heterocycles. The zero-order valence-electron chi connectivity index (χ0n) is 11.7. The maximum atomic E-state index is 6.04. The fourth-order valence-electron chi connectivity index (χ4n) is 2.88. The first kappa shape index (κ1) is 14.0. The number of nitrogens with zero attached hydrogens (tertiary/aromatic N) is 1. The van der Waals surface area contributed by atoms with Crippen LogP contribution in [0.3, 0.4) is 0 Å². The normalized spacial score (nSPS) is 20.6. The molecule has 0 aliphatic heterocycles. The molecule has 1 aliphatic rings. The van der Waals surface area contributed by atoms with Crippen molar-refractivity contribution in [3.05, 3.63) is 0 Å². The Bertz CT molecular complexity index is 199. The number of nitrogens with two attached hydrogens (primary N) is 1. The van der Waals surface area contributed by atoms with Gasteiger partial charge in [-0.1, -0.05) is 40.5 Å². The molecule has 96 valence electrons. The van der Waals surface area contributed by atoms with E-state index in [1.165, 1.54) is 38.6 Å². The molecule has 0 spiro atoms. The van der Waals surface area contributed by atoms with Crippen molar-refractivity contribution in [1.29, 1.82) is 0 Å². The summed E-state index contributed by atoms with van der Waals surface area (Å²) in [6.07, 6.45) is 6.61. The summed E-state index contributed by atoms with van der Waals surface area (Å²) >= 11 is 0. The summed E-state index contributed by atoms with van der Waals surface area (Å²) in [6, 6.07) is 0. The highest BCUT2D eigenvalue weighted by Gasteiger charge is 2.37. The van der Waals surface area contributed by atoms with Crippen LogP contribution in [-0.4, -0.2) is 30.1 Å². The number of hydrogen-bond acceptors (Lipinski definition) is 2. The minimum absolute atomic E-state index is 0.333. The van der Waals surface area contributed by atoms with Gasteiger partial charge in [-0.15, -0.1) is 0 Å². The van der Waals surface area contributed by atoms with Crippen molar-refractivity contribution in [3.8, 4) is 0 Å². The molecule has 2 N–H and O–H groups in total. The molecule has 1 rings (SSSR count). The predicted octanol–water partition coefficient (Wildman–Crippen LogP) is 3.02. The second kappa shape index (κ2) is 5.50. The van der Waals surface area contributed by atoms with Crippen molar-refractivity contribution >= 4 is 0 Å². The van der Waals surface area contributed by atoms with E-state index in [-0.39, 0.29) is 0 Å². The maximum Gasteiger partial charge on any atom is 0.0331 e. The van der Waals surface area contributed by atoms with Gasteiger partial charge >= 0.3 is 0 Å². The van der Waals surface area contributed by atoms with E-state index in [2.05, 4.69) is 32.6 Å². The molecular weight excluding hydrogens is 196 g/mol. The van der Waals surface area contributed by atoms with Crippen molar-refractivity contribution in [2.24, 2.45) is 11.1 Å². The molecule has 0 aromatic rings. The number of hydrogen-bond donors (Lipinski definition) is 1. The molecule has 0 saturated heterocycles. The molecule has 0 unspecified atom stereocenters. The van der Waals surface area contributed by atoms with Crippen LogP contribution in [0.1, 0.15) is 59.8 Å².